The number of amides is 2. The molecule has 4 heteroatoms. The Morgan fingerprint density at radius 3 is 1.08 bits per heavy atom. The molecular weight excluding hydrogens is 444 g/mol. The molecule has 0 aromatic heterocycles. The van der Waals surface area contributed by atoms with Crippen molar-refractivity contribution in [1.82, 2.24) is 9.80 Å². The molecule has 0 unspecified atom stereocenters. The second kappa shape index (κ2) is 21.3. The number of benzene rings is 1. The molecule has 0 fully saturated rings. The third-order valence-corrected chi connectivity index (χ3v) is 7.06. The van der Waals surface area contributed by atoms with Crippen LogP contribution in [-0.2, 0) is 0 Å². The highest BCUT2D eigenvalue weighted by molar-refractivity contribution is 5.99. The molecule has 0 atom stereocenters. The van der Waals surface area contributed by atoms with E-state index in [9.17, 15) is 9.59 Å². The first kappa shape index (κ1) is 32.2. The highest BCUT2D eigenvalue weighted by atomic mass is 16.2. The fourth-order valence-corrected chi connectivity index (χ4v) is 4.70. The van der Waals surface area contributed by atoms with E-state index in [4.69, 9.17) is 0 Å². The van der Waals surface area contributed by atoms with Gasteiger partial charge in [-0.05, 0) is 43.9 Å². The van der Waals surface area contributed by atoms with Crippen molar-refractivity contribution in [3.8, 4) is 0 Å². The molecule has 206 valence electrons. The van der Waals surface area contributed by atoms with Crippen molar-refractivity contribution in [3.05, 3.63) is 35.4 Å². The Labute approximate surface area is 223 Å². The Morgan fingerprint density at radius 2 is 0.806 bits per heavy atom. The molecule has 2 amide bonds. The van der Waals surface area contributed by atoms with Crippen molar-refractivity contribution in [3.63, 3.8) is 0 Å². The molecule has 0 heterocycles. The van der Waals surface area contributed by atoms with Crippen LogP contribution in [0.1, 0.15) is 151 Å². The van der Waals surface area contributed by atoms with Crippen molar-refractivity contribution in [2.24, 2.45) is 0 Å². The molecule has 0 aliphatic rings. The van der Waals surface area contributed by atoms with Gasteiger partial charge in [-0.15, -0.1) is 0 Å². The minimum Gasteiger partial charge on any atom is -0.339 e. The Bertz CT molecular complexity index is 624. The van der Waals surface area contributed by atoms with Gasteiger partial charge in [0, 0.05) is 37.3 Å². The van der Waals surface area contributed by atoms with Crippen molar-refractivity contribution < 1.29 is 9.59 Å². The van der Waals surface area contributed by atoms with Crippen LogP contribution in [0.15, 0.2) is 24.3 Å². The average Bonchev–Trinajstić information content (AvgIpc) is 2.90. The van der Waals surface area contributed by atoms with Crippen LogP contribution in [0.25, 0.3) is 0 Å². The maximum atomic E-state index is 13.5. The van der Waals surface area contributed by atoms with E-state index in [-0.39, 0.29) is 11.8 Å². The number of carbonyl (C=O) groups is 2. The third-order valence-electron chi connectivity index (χ3n) is 7.06. The Kier molecular flexibility index (Phi) is 19.0. The molecule has 36 heavy (non-hydrogen) atoms. The predicted molar refractivity (Wildman–Crippen MR) is 155 cm³/mol. The van der Waals surface area contributed by atoms with Gasteiger partial charge >= 0.3 is 0 Å². The second-order valence-electron chi connectivity index (χ2n) is 10.4. The van der Waals surface area contributed by atoms with Crippen molar-refractivity contribution >= 4 is 11.8 Å². The Morgan fingerprint density at radius 1 is 0.500 bits per heavy atom. The summed E-state index contributed by atoms with van der Waals surface area (Å²) in [7, 11) is 0. The van der Waals surface area contributed by atoms with E-state index in [1.54, 1.807) is 0 Å². The molecule has 0 radical (unpaired) electrons. The summed E-state index contributed by atoms with van der Waals surface area (Å²) in [6.07, 6.45) is 18.5. The zero-order chi connectivity index (χ0) is 26.4. The van der Waals surface area contributed by atoms with E-state index >= 15 is 0 Å². The zero-order valence-electron chi connectivity index (χ0n) is 24.2. The van der Waals surface area contributed by atoms with Crippen LogP contribution in [0.2, 0.25) is 0 Å². The summed E-state index contributed by atoms with van der Waals surface area (Å²) < 4.78 is 0. The maximum Gasteiger partial charge on any atom is 0.253 e. The summed E-state index contributed by atoms with van der Waals surface area (Å²) in [6.45, 7) is 12.1. The molecule has 1 rings (SSSR count). The SMILES string of the molecule is CCCCCCN(CCCCCC)C(=O)c1cccc(C(=O)N(CCCCCC)CCCCCC)c1. The minimum absolute atomic E-state index is 0.0788. The lowest BCUT2D eigenvalue weighted by molar-refractivity contribution is 0.0747. The van der Waals surface area contributed by atoms with E-state index in [2.05, 4.69) is 27.7 Å². The number of nitrogens with zero attached hydrogens (tertiary/aromatic N) is 2. The molecular formula is C32H56N2O2. The second-order valence-corrected chi connectivity index (χ2v) is 10.4. The molecule has 0 bridgehead atoms. The lowest BCUT2D eigenvalue weighted by atomic mass is 10.1. The predicted octanol–water partition coefficient (Wildman–Crippen LogP) is 8.89. The van der Waals surface area contributed by atoms with Gasteiger partial charge in [-0.3, -0.25) is 9.59 Å². The van der Waals surface area contributed by atoms with Crippen LogP contribution in [0.5, 0.6) is 0 Å². The van der Waals surface area contributed by atoms with Gasteiger partial charge in [0.2, 0.25) is 0 Å². The molecule has 0 spiro atoms. The summed E-state index contributed by atoms with van der Waals surface area (Å²) in [5.74, 6) is 0.158. The lowest BCUT2D eigenvalue weighted by Gasteiger charge is -2.25. The fourth-order valence-electron chi connectivity index (χ4n) is 4.70. The summed E-state index contributed by atoms with van der Waals surface area (Å²) in [5.41, 5.74) is 1.31. The largest absolute Gasteiger partial charge is 0.339 e. The monoisotopic (exact) mass is 500 g/mol. The number of hydrogen-bond acceptors (Lipinski definition) is 2. The summed E-state index contributed by atoms with van der Waals surface area (Å²) in [6, 6.07) is 7.51. The van der Waals surface area contributed by atoms with Crippen LogP contribution in [-0.4, -0.2) is 47.8 Å². The van der Waals surface area contributed by atoms with Crippen molar-refractivity contribution in [2.75, 3.05) is 26.2 Å². The first-order valence-corrected chi connectivity index (χ1v) is 15.3. The zero-order valence-corrected chi connectivity index (χ0v) is 24.2. The first-order chi connectivity index (χ1) is 17.6. The first-order valence-electron chi connectivity index (χ1n) is 15.3. The van der Waals surface area contributed by atoms with Crippen LogP contribution in [0.4, 0.5) is 0 Å². The van der Waals surface area contributed by atoms with E-state index in [0.717, 1.165) is 51.9 Å². The van der Waals surface area contributed by atoms with Crippen LogP contribution < -0.4 is 0 Å². The molecule has 1 aromatic carbocycles. The minimum atomic E-state index is 0.0788. The van der Waals surface area contributed by atoms with E-state index < -0.39 is 0 Å². The number of hydrogen-bond donors (Lipinski definition) is 0. The topological polar surface area (TPSA) is 40.6 Å². The van der Waals surface area contributed by atoms with Gasteiger partial charge in [0.1, 0.15) is 0 Å². The maximum absolute atomic E-state index is 13.5. The van der Waals surface area contributed by atoms with E-state index in [1.807, 2.05) is 34.1 Å². The molecule has 0 saturated carbocycles. The number of unbranched alkanes of at least 4 members (excludes halogenated alkanes) is 12. The number of rotatable bonds is 22. The Balaban J connectivity index is 2.92. The van der Waals surface area contributed by atoms with Gasteiger partial charge in [0.25, 0.3) is 11.8 Å². The van der Waals surface area contributed by atoms with Crippen LogP contribution >= 0.6 is 0 Å². The Hall–Kier alpha value is -1.84. The smallest absolute Gasteiger partial charge is 0.253 e. The van der Waals surface area contributed by atoms with E-state index in [0.29, 0.717) is 11.1 Å². The third kappa shape index (κ3) is 13.5. The summed E-state index contributed by atoms with van der Waals surface area (Å²) >= 11 is 0. The van der Waals surface area contributed by atoms with Gasteiger partial charge in [-0.25, -0.2) is 0 Å². The van der Waals surface area contributed by atoms with E-state index in [1.165, 1.54) is 77.0 Å². The van der Waals surface area contributed by atoms with Crippen LogP contribution in [0, 0.1) is 0 Å². The molecule has 0 N–H and O–H groups in total. The van der Waals surface area contributed by atoms with Gasteiger partial charge in [0.05, 0.1) is 0 Å². The van der Waals surface area contributed by atoms with Gasteiger partial charge < -0.3 is 9.80 Å². The summed E-state index contributed by atoms with van der Waals surface area (Å²) in [5, 5.41) is 0. The normalized spacial score (nSPS) is 11.0. The van der Waals surface area contributed by atoms with Crippen molar-refractivity contribution in [2.45, 2.75) is 130 Å². The molecule has 4 nitrogen and oxygen atoms in total. The standard InChI is InChI=1S/C32H56N2O2/c1-5-9-13-17-24-33(25-18-14-10-6-2)31(35)29-22-21-23-30(28-29)32(36)34(26-19-15-11-7-3)27-20-16-12-8-4/h21-23,28H,5-20,24-27H2,1-4H3. The summed E-state index contributed by atoms with van der Waals surface area (Å²) in [4.78, 5) is 31.1. The van der Waals surface area contributed by atoms with Gasteiger partial charge in [0.15, 0.2) is 0 Å². The highest BCUT2D eigenvalue weighted by Gasteiger charge is 2.20. The molecule has 0 aliphatic carbocycles. The number of carbonyl (C=O) groups excluding carboxylic acids is 2. The average molecular weight is 501 g/mol. The highest BCUT2D eigenvalue weighted by Crippen LogP contribution is 2.15. The quantitative estimate of drug-likeness (QED) is 0.149. The fraction of sp³-hybridized carbons (Fsp3) is 0.750. The van der Waals surface area contributed by atoms with Crippen LogP contribution in [0.3, 0.4) is 0 Å². The molecule has 1 aromatic rings. The lowest BCUT2D eigenvalue weighted by Crippen LogP contribution is -2.34. The van der Waals surface area contributed by atoms with Gasteiger partial charge in [-0.1, -0.05) is 111 Å². The van der Waals surface area contributed by atoms with Crippen molar-refractivity contribution in [1.29, 1.82) is 0 Å². The molecule has 0 saturated heterocycles. The molecule has 0 aliphatic heterocycles. The van der Waals surface area contributed by atoms with Gasteiger partial charge in [-0.2, -0.15) is 0 Å².